The number of rotatable bonds is 7. The first-order chi connectivity index (χ1) is 10.6. The summed E-state index contributed by atoms with van der Waals surface area (Å²) in [6, 6.07) is 17.6. The predicted octanol–water partition coefficient (Wildman–Crippen LogP) is 1.30. The van der Waals surface area contributed by atoms with Gasteiger partial charge in [0, 0.05) is 16.7 Å². The third-order valence-electron chi connectivity index (χ3n) is 4.78. The molecule has 0 aliphatic rings. The van der Waals surface area contributed by atoms with Crippen LogP contribution in [0.15, 0.2) is 54.6 Å². The second-order valence-electron chi connectivity index (χ2n) is 5.84. The number of nitrogens with zero attached hydrogens (tertiary/aromatic N) is 1. The molecule has 0 aliphatic carbocycles. The van der Waals surface area contributed by atoms with Crippen molar-refractivity contribution in [3.63, 3.8) is 0 Å². The monoisotopic (exact) mass is 331 g/mol. The van der Waals surface area contributed by atoms with Crippen LogP contribution in [0.2, 0.25) is 0 Å². The van der Waals surface area contributed by atoms with Gasteiger partial charge in [0.05, 0.1) is 19.6 Å². The Morgan fingerprint density at radius 2 is 1.26 bits per heavy atom. The summed E-state index contributed by atoms with van der Waals surface area (Å²) in [6.45, 7) is 11.2. The molecule has 0 aliphatic heterocycles. The van der Waals surface area contributed by atoms with E-state index in [4.69, 9.17) is 0 Å². The molecule has 0 radical (unpaired) electrons. The molecular weight excluding hydrogens is 306 g/mol. The van der Waals surface area contributed by atoms with Crippen LogP contribution in [0.5, 0.6) is 0 Å². The molecule has 0 N–H and O–H groups in total. The number of hydrogen-bond donors (Lipinski definition) is 0. The molecule has 0 heterocycles. The molecule has 0 bridgehead atoms. The van der Waals surface area contributed by atoms with Crippen molar-refractivity contribution in [2.24, 2.45) is 0 Å². The SMILES string of the molecule is CC[N+](CC)(CC)Cc1ccc(C(=O)c2ccccc2)cc1.[Cl-]. The van der Waals surface area contributed by atoms with Crippen molar-refractivity contribution in [2.75, 3.05) is 19.6 Å². The summed E-state index contributed by atoms with van der Waals surface area (Å²) in [5, 5.41) is 0. The number of benzene rings is 2. The molecule has 2 aromatic rings. The molecule has 0 fully saturated rings. The second-order valence-corrected chi connectivity index (χ2v) is 5.84. The first-order valence-corrected chi connectivity index (χ1v) is 8.18. The molecule has 2 nitrogen and oxygen atoms in total. The van der Waals surface area contributed by atoms with Crippen molar-refractivity contribution in [3.05, 3.63) is 71.3 Å². The van der Waals surface area contributed by atoms with E-state index in [0.717, 1.165) is 41.8 Å². The fourth-order valence-electron chi connectivity index (χ4n) is 2.91. The average molecular weight is 332 g/mol. The van der Waals surface area contributed by atoms with Crippen molar-refractivity contribution in [1.29, 1.82) is 0 Å². The number of hydrogen-bond acceptors (Lipinski definition) is 1. The van der Waals surface area contributed by atoms with Gasteiger partial charge in [-0.2, -0.15) is 0 Å². The van der Waals surface area contributed by atoms with Crippen molar-refractivity contribution >= 4 is 5.78 Å². The van der Waals surface area contributed by atoms with Crippen LogP contribution in [0.4, 0.5) is 0 Å². The number of quaternary nitrogens is 1. The maximum Gasteiger partial charge on any atom is 0.193 e. The first kappa shape index (κ1) is 19.4. The van der Waals surface area contributed by atoms with Crippen molar-refractivity contribution in [3.8, 4) is 0 Å². The molecule has 0 atom stereocenters. The van der Waals surface area contributed by atoms with Crippen LogP contribution in [0.1, 0.15) is 42.3 Å². The zero-order chi connectivity index (χ0) is 16.0. The third-order valence-corrected chi connectivity index (χ3v) is 4.78. The second kappa shape index (κ2) is 8.85. The van der Waals surface area contributed by atoms with Gasteiger partial charge in [-0.05, 0) is 20.8 Å². The highest BCUT2D eigenvalue weighted by Crippen LogP contribution is 2.16. The number of ketones is 1. The third kappa shape index (κ3) is 4.66. The lowest BCUT2D eigenvalue weighted by Gasteiger charge is -2.35. The Labute approximate surface area is 146 Å². The summed E-state index contributed by atoms with van der Waals surface area (Å²) in [6.07, 6.45) is 0. The smallest absolute Gasteiger partial charge is 0.193 e. The van der Waals surface area contributed by atoms with E-state index in [1.54, 1.807) is 0 Å². The van der Waals surface area contributed by atoms with Gasteiger partial charge in [-0.25, -0.2) is 0 Å². The normalized spacial score (nSPS) is 10.9. The van der Waals surface area contributed by atoms with Crippen molar-refractivity contribution in [1.82, 2.24) is 0 Å². The largest absolute Gasteiger partial charge is 1.00 e. The van der Waals surface area contributed by atoms with Crippen LogP contribution in [0, 0.1) is 0 Å². The van der Waals surface area contributed by atoms with Crippen LogP contribution in [-0.2, 0) is 6.54 Å². The lowest BCUT2D eigenvalue weighted by atomic mass is 10.0. The van der Waals surface area contributed by atoms with E-state index in [9.17, 15) is 4.79 Å². The Balaban J connectivity index is 0.00000264. The van der Waals surface area contributed by atoms with Crippen molar-refractivity contribution in [2.45, 2.75) is 27.3 Å². The van der Waals surface area contributed by atoms with Gasteiger partial charge in [-0.15, -0.1) is 0 Å². The number of carbonyl (C=O) groups excluding carboxylic acids is 1. The quantitative estimate of drug-likeness (QED) is 0.552. The average Bonchev–Trinajstić information content (AvgIpc) is 2.60. The molecule has 0 amide bonds. The molecule has 0 aromatic heterocycles. The fraction of sp³-hybridized carbons (Fsp3) is 0.350. The summed E-state index contributed by atoms with van der Waals surface area (Å²) in [4.78, 5) is 12.4. The van der Waals surface area contributed by atoms with E-state index in [0.29, 0.717) is 0 Å². The van der Waals surface area contributed by atoms with Crippen LogP contribution >= 0.6 is 0 Å². The van der Waals surface area contributed by atoms with Crippen LogP contribution in [0.25, 0.3) is 0 Å². The summed E-state index contributed by atoms with van der Waals surface area (Å²) in [7, 11) is 0. The minimum Gasteiger partial charge on any atom is -1.00 e. The van der Waals surface area contributed by atoms with Crippen LogP contribution in [0.3, 0.4) is 0 Å². The Morgan fingerprint density at radius 3 is 1.74 bits per heavy atom. The summed E-state index contributed by atoms with van der Waals surface area (Å²) in [5.74, 6) is 0.0920. The van der Waals surface area contributed by atoms with Gasteiger partial charge in [-0.3, -0.25) is 4.79 Å². The maximum atomic E-state index is 12.4. The molecular formula is C20H26ClNO. The standard InChI is InChI=1S/C20H26NO.ClH/c1-4-21(5-2,6-3)16-17-12-14-19(15-13-17)20(22)18-10-8-7-9-11-18;/h7-15H,4-6,16H2,1-3H3;1H/q+1;/p-1. The minimum atomic E-state index is 0. The van der Waals surface area contributed by atoms with E-state index in [2.05, 4.69) is 32.9 Å². The molecule has 0 saturated carbocycles. The summed E-state index contributed by atoms with van der Waals surface area (Å²) < 4.78 is 1.09. The highest BCUT2D eigenvalue weighted by molar-refractivity contribution is 6.08. The Morgan fingerprint density at radius 1 is 0.783 bits per heavy atom. The molecule has 0 saturated heterocycles. The lowest BCUT2D eigenvalue weighted by Crippen LogP contribution is -3.00. The molecule has 0 spiro atoms. The lowest BCUT2D eigenvalue weighted by molar-refractivity contribution is -0.936. The topological polar surface area (TPSA) is 17.1 Å². The van der Waals surface area contributed by atoms with Crippen LogP contribution < -0.4 is 12.4 Å². The van der Waals surface area contributed by atoms with E-state index in [-0.39, 0.29) is 18.2 Å². The van der Waals surface area contributed by atoms with E-state index in [1.807, 2.05) is 42.5 Å². The molecule has 124 valence electrons. The van der Waals surface area contributed by atoms with Gasteiger partial charge in [0.25, 0.3) is 0 Å². The van der Waals surface area contributed by atoms with Gasteiger partial charge in [0.1, 0.15) is 6.54 Å². The number of carbonyl (C=O) groups is 1. The Bertz CT molecular complexity index is 595. The van der Waals surface area contributed by atoms with E-state index < -0.39 is 0 Å². The van der Waals surface area contributed by atoms with Gasteiger partial charge < -0.3 is 16.9 Å². The van der Waals surface area contributed by atoms with Crippen LogP contribution in [-0.4, -0.2) is 29.9 Å². The maximum absolute atomic E-state index is 12.4. The highest BCUT2D eigenvalue weighted by atomic mass is 35.5. The molecule has 23 heavy (non-hydrogen) atoms. The summed E-state index contributed by atoms with van der Waals surface area (Å²) in [5.41, 5.74) is 2.81. The molecule has 2 aromatic carbocycles. The van der Waals surface area contributed by atoms with Gasteiger partial charge >= 0.3 is 0 Å². The highest BCUT2D eigenvalue weighted by Gasteiger charge is 2.21. The molecule has 2 rings (SSSR count). The zero-order valence-electron chi connectivity index (χ0n) is 14.3. The summed E-state index contributed by atoms with van der Waals surface area (Å²) >= 11 is 0. The fourth-order valence-corrected chi connectivity index (χ4v) is 2.91. The number of halogens is 1. The minimum absolute atomic E-state index is 0. The van der Waals surface area contributed by atoms with Gasteiger partial charge in [0.15, 0.2) is 5.78 Å². The predicted molar refractivity (Wildman–Crippen MR) is 91.9 cm³/mol. The van der Waals surface area contributed by atoms with Gasteiger partial charge in [-0.1, -0.05) is 54.6 Å². The van der Waals surface area contributed by atoms with Gasteiger partial charge in [0.2, 0.25) is 0 Å². The Kier molecular flexibility index (Phi) is 7.47. The van der Waals surface area contributed by atoms with E-state index >= 15 is 0 Å². The first-order valence-electron chi connectivity index (χ1n) is 8.18. The molecule has 3 heteroatoms. The molecule has 0 unspecified atom stereocenters. The zero-order valence-corrected chi connectivity index (χ0v) is 15.0. The Hall–Kier alpha value is -1.64. The van der Waals surface area contributed by atoms with E-state index in [1.165, 1.54) is 5.56 Å². The van der Waals surface area contributed by atoms with Crippen molar-refractivity contribution < 1.29 is 21.7 Å².